The third-order valence-corrected chi connectivity index (χ3v) is 4.02. The van der Waals surface area contributed by atoms with Gasteiger partial charge in [-0.2, -0.15) is 0 Å². The molecule has 112 valence electrons. The molecule has 0 heterocycles. The highest BCUT2D eigenvalue weighted by Gasteiger charge is 2.28. The molecule has 0 saturated carbocycles. The summed E-state index contributed by atoms with van der Waals surface area (Å²) in [5.41, 5.74) is 14.0. The molecular formula is C17H21ClN2O. The fourth-order valence-electron chi connectivity index (χ4n) is 2.57. The van der Waals surface area contributed by atoms with Crippen LogP contribution < -0.4 is 16.2 Å². The van der Waals surface area contributed by atoms with Crippen LogP contribution in [0.3, 0.4) is 0 Å². The summed E-state index contributed by atoms with van der Waals surface area (Å²) in [7, 11) is 1.64. The Morgan fingerprint density at radius 3 is 2.43 bits per heavy atom. The molecule has 4 N–H and O–H groups in total. The van der Waals surface area contributed by atoms with E-state index in [1.165, 1.54) is 0 Å². The van der Waals surface area contributed by atoms with Crippen LogP contribution in [0, 0.1) is 0 Å². The third-order valence-electron chi connectivity index (χ3n) is 3.67. The van der Waals surface area contributed by atoms with Crippen molar-refractivity contribution in [3.8, 4) is 5.75 Å². The van der Waals surface area contributed by atoms with Crippen LogP contribution in [0.2, 0.25) is 5.02 Å². The minimum absolute atomic E-state index is 0.237. The standard InChI is InChI=1S/C17H21ClN2O/c1-17(20,13-8-4-6-10-16(13)21-2)11-15(19)12-7-3-5-9-14(12)18/h3-10,15H,11,19-20H2,1-2H3. The highest BCUT2D eigenvalue weighted by atomic mass is 35.5. The lowest BCUT2D eigenvalue weighted by molar-refractivity contribution is 0.363. The van der Waals surface area contributed by atoms with Gasteiger partial charge in [-0.15, -0.1) is 0 Å². The highest BCUT2D eigenvalue weighted by Crippen LogP contribution is 2.35. The van der Waals surface area contributed by atoms with Gasteiger partial charge in [-0.25, -0.2) is 0 Å². The number of benzene rings is 2. The van der Waals surface area contributed by atoms with Gasteiger partial charge >= 0.3 is 0 Å². The molecule has 0 radical (unpaired) electrons. The van der Waals surface area contributed by atoms with Crippen molar-refractivity contribution >= 4 is 11.6 Å². The Morgan fingerprint density at radius 2 is 1.76 bits per heavy atom. The first kappa shape index (κ1) is 15.8. The maximum atomic E-state index is 6.50. The number of para-hydroxylation sites is 1. The number of hydrogen-bond acceptors (Lipinski definition) is 3. The number of nitrogens with two attached hydrogens (primary N) is 2. The maximum absolute atomic E-state index is 6.50. The molecule has 0 fully saturated rings. The smallest absolute Gasteiger partial charge is 0.123 e. The van der Waals surface area contributed by atoms with Gasteiger partial charge in [0.2, 0.25) is 0 Å². The van der Waals surface area contributed by atoms with Gasteiger partial charge in [0.15, 0.2) is 0 Å². The molecule has 4 heteroatoms. The Morgan fingerprint density at radius 1 is 1.14 bits per heavy atom. The zero-order chi connectivity index (χ0) is 15.5. The Bertz CT molecular complexity index is 613. The molecule has 0 aromatic heterocycles. The predicted molar refractivity (Wildman–Crippen MR) is 87.5 cm³/mol. The molecule has 2 unspecified atom stereocenters. The van der Waals surface area contributed by atoms with E-state index in [0.29, 0.717) is 11.4 Å². The highest BCUT2D eigenvalue weighted by molar-refractivity contribution is 6.31. The largest absolute Gasteiger partial charge is 0.496 e. The number of hydrogen-bond donors (Lipinski definition) is 2. The molecule has 0 saturated heterocycles. The van der Waals surface area contributed by atoms with E-state index >= 15 is 0 Å². The van der Waals surface area contributed by atoms with Gasteiger partial charge in [-0.3, -0.25) is 0 Å². The van der Waals surface area contributed by atoms with Gasteiger partial charge in [0.05, 0.1) is 7.11 Å². The average molecular weight is 305 g/mol. The number of methoxy groups -OCH3 is 1. The molecule has 0 aliphatic rings. The van der Waals surface area contributed by atoms with E-state index in [4.69, 9.17) is 27.8 Å². The van der Waals surface area contributed by atoms with Gasteiger partial charge in [-0.1, -0.05) is 48.0 Å². The summed E-state index contributed by atoms with van der Waals surface area (Å²) < 4.78 is 5.40. The van der Waals surface area contributed by atoms with Gasteiger partial charge in [0, 0.05) is 22.2 Å². The Balaban J connectivity index is 2.27. The van der Waals surface area contributed by atoms with Crippen molar-refractivity contribution in [2.45, 2.75) is 24.9 Å². The Hall–Kier alpha value is -1.55. The topological polar surface area (TPSA) is 61.3 Å². The summed E-state index contributed by atoms with van der Waals surface area (Å²) in [4.78, 5) is 0. The molecular weight excluding hydrogens is 284 g/mol. The van der Waals surface area contributed by atoms with Crippen molar-refractivity contribution in [2.24, 2.45) is 11.5 Å². The van der Waals surface area contributed by atoms with Gasteiger partial charge in [-0.05, 0) is 31.0 Å². The second kappa shape index (κ2) is 6.48. The first-order valence-electron chi connectivity index (χ1n) is 6.88. The summed E-state index contributed by atoms with van der Waals surface area (Å²) >= 11 is 6.21. The van der Waals surface area contributed by atoms with Crippen molar-refractivity contribution in [1.82, 2.24) is 0 Å². The molecule has 0 aliphatic carbocycles. The van der Waals surface area contributed by atoms with Crippen LogP contribution in [0.1, 0.15) is 30.5 Å². The Labute approximate surface area is 130 Å². The van der Waals surface area contributed by atoms with Crippen LogP contribution in [-0.2, 0) is 5.54 Å². The molecule has 2 aromatic carbocycles. The van der Waals surface area contributed by atoms with Crippen LogP contribution in [-0.4, -0.2) is 7.11 Å². The lowest BCUT2D eigenvalue weighted by Crippen LogP contribution is -2.37. The predicted octanol–water partition coefficient (Wildman–Crippen LogP) is 3.61. The summed E-state index contributed by atoms with van der Waals surface area (Å²) in [6, 6.07) is 15.1. The van der Waals surface area contributed by atoms with E-state index in [9.17, 15) is 0 Å². The van der Waals surface area contributed by atoms with Gasteiger partial charge in [0.25, 0.3) is 0 Å². The molecule has 0 spiro atoms. The van der Waals surface area contributed by atoms with E-state index in [1.54, 1.807) is 7.11 Å². The first-order chi connectivity index (χ1) is 9.95. The van der Waals surface area contributed by atoms with Crippen LogP contribution in [0.15, 0.2) is 48.5 Å². The van der Waals surface area contributed by atoms with Crippen molar-refractivity contribution in [1.29, 1.82) is 0 Å². The van der Waals surface area contributed by atoms with Crippen LogP contribution in [0.25, 0.3) is 0 Å². The fourth-order valence-corrected chi connectivity index (χ4v) is 2.84. The molecule has 2 aromatic rings. The average Bonchev–Trinajstić information content (AvgIpc) is 2.47. The SMILES string of the molecule is COc1ccccc1C(C)(N)CC(N)c1ccccc1Cl. The molecule has 0 aliphatic heterocycles. The van der Waals surface area contributed by atoms with Crippen molar-refractivity contribution in [2.75, 3.05) is 7.11 Å². The van der Waals surface area contributed by atoms with Crippen molar-refractivity contribution in [3.05, 3.63) is 64.7 Å². The van der Waals surface area contributed by atoms with Crippen LogP contribution >= 0.6 is 11.6 Å². The van der Waals surface area contributed by atoms with Gasteiger partial charge in [0.1, 0.15) is 5.75 Å². The summed E-state index contributed by atoms with van der Waals surface area (Å²) in [6.07, 6.45) is 0.567. The zero-order valence-electron chi connectivity index (χ0n) is 12.3. The summed E-state index contributed by atoms with van der Waals surface area (Å²) in [6.45, 7) is 1.96. The van der Waals surface area contributed by atoms with Crippen molar-refractivity contribution in [3.63, 3.8) is 0 Å². The van der Waals surface area contributed by atoms with E-state index in [-0.39, 0.29) is 6.04 Å². The maximum Gasteiger partial charge on any atom is 0.123 e. The molecule has 21 heavy (non-hydrogen) atoms. The number of halogens is 1. The zero-order valence-corrected chi connectivity index (χ0v) is 13.1. The lowest BCUT2D eigenvalue weighted by atomic mass is 9.84. The molecule has 2 atom stereocenters. The summed E-state index contributed by atoms with van der Waals surface area (Å²) in [5.74, 6) is 0.772. The molecule has 0 bridgehead atoms. The van der Waals surface area contributed by atoms with E-state index in [0.717, 1.165) is 16.9 Å². The third kappa shape index (κ3) is 3.56. The minimum Gasteiger partial charge on any atom is -0.496 e. The van der Waals surface area contributed by atoms with Crippen LogP contribution in [0.5, 0.6) is 5.75 Å². The van der Waals surface area contributed by atoms with E-state index < -0.39 is 5.54 Å². The second-order valence-corrected chi connectivity index (χ2v) is 5.86. The molecule has 3 nitrogen and oxygen atoms in total. The first-order valence-corrected chi connectivity index (χ1v) is 7.26. The van der Waals surface area contributed by atoms with Gasteiger partial charge < -0.3 is 16.2 Å². The Kier molecular flexibility index (Phi) is 4.88. The molecule has 2 rings (SSSR count). The van der Waals surface area contributed by atoms with E-state index in [1.807, 2.05) is 55.5 Å². The summed E-state index contributed by atoms with van der Waals surface area (Å²) in [5, 5.41) is 0.667. The van der Waals surface area contributed by atoms with Crippen LogP contribution in [0.4, 0.5) is 0 Å². The number of ether oxygens (including phenoxy) is 1. The monoisotopic (exact) mass is 304 g/mol. The quantitative estimate of drug-likeness (QED) is 0.887. The lowest BCUT2D eigenvalue weighted by Gasteiger charge is -2.30. The van der Waals surface area contributed by atoms with E-state index in [2.05, 4.69) is 0 Å². The molecule has 0 amide bonds. The fraction of sp³-hybridized carbons (Fsp3) is 0.294. The van der Waals surface area contributed by atoms with Crippen molar-refractivity contribution < 1.29 is 4.74 Å². The normalized spacial score (nSPS) is 15.3. The number of rotatable bonds is 5. The minimum atomic E-state index is -0.606. The second-order valence-electron chi connectivity index (χ2n) is 5.45.